The lowest BCUT2D eigenvalue weighted by molar-refractivity contribution is 0.953. The van der Waals surface area contributed by atoms with Crippen molar-refractivity contribution in [1.29, 1.82) is 5.26 Å². The number of fused-ring (bicyclic) bond motifs is 5. The molecule has 0 radical (unpaired) electrons. The van der Waals surface area contributed by atoms with Crippen LogP contribution in [0.3, 0.4) is 0 Å². The number of benzene rings is 7. The van der Waals surface area contributed by atoms with Crippen LogP contribution in [0.1, 0.15) is 5.56 Å². The Hall–Kier alpha value is -7.69. The van der Waals surface area contributed by atoms with Crippen LogP contribution in [-0.4, -0.2) is 24.1 Å². The predicted octanol–water partition coefficient (Wildman–Crippen LogP) is 10.5. The Labute approximate surface area is 310 Å². The number of nitrogens with zero attached hydrogens (tertiary/aromatic N) is 7. The van der Waals surface area contributed by atoms with Gasteiger partial charge in [0.1, 0.15) is 6.07 Å². The van der Waals surface area contributed by atoms with Crippen LogP contribution in [0.5, 0.6) is 0 Å². The lowest BCUT2D eigenvalue weighted by atomic mass is 10.0. The van der Waals surface area contributed by atoms with Crippen molar-refractivity contribution in [2.24, 2.45) is 4.99 Å². The van der Waals surface area contributed by atoms with Crippen molar-refractivity contribution in [3.63, 3.8) is 0 Å². The first kappa shape index (κ1) is 31.1. The molecule has 252 valence electrons. The van der Waals surface area contributed by atoms with E-state index in [0.29, 0.717) is 28.7 Å². The summed E-state index contributed by atoms with van der Waals surface area (Å²) in [5.74, 6) is 1.52. The molecule has 0 aliphatic rings. The summed E-state index contributed by atoms with van der Waals surface area (Å²) in [6, 6.07) is 61.3. The number of pyridine rings is 1. The third kappa shape index (κ3) is 5.13. The molecule has 10 rings (SSSR count). The highest BCUT2D eigenvalue weighted by Crippen LogP contribution is 2.33. The molecule has 0 saturated carbocycles. The van der Waals surface area contributed by atoms with Crippen molar-refractivity contribution in [1.82, 2.24) is 24.1 Å². The van der Waals surface area contributed by atoms with E-state index in [1.807, 2.05) is 127 Å². The van der Waals surface area contributed by atoms with Crippen LogP contribution in [0.15, 0.2) is 181 Å². The van der Waals surface area contributed by atoms with Gasteiger partial charge in [0, 0.05) is 32.7 Å². The first-order valence-electron chi connectivity index (χ1n) is 17.7. The first-order valence-corrected chi connectivity index (χ1v) is 17.7. The molecule has 0 fully saturated rings. The molecule has 3 aromatic heterocycles. The number of aromatic nitrogens is 5. The standard InChI is InChI=1S/C47H29N7/c48-30-33-29-32(27-28-39(33)53-42-25-13-9-21-37(42)44(38-22-10-14-26-43(38)53)49-34-17-5-2-6-18-34)46-50-45(31-15-3-1-4-16-31)51-47(52-46)54-40-23-11-7-19-35(40)36-20-8-12-24-41(36)54/h1-29H. The summed E-state index contributed by atoms with van der Waals surface area (Å²) < 4.78 is 4.25. The van der Waals surface area contributed by atoms with Gasteiger partial charge >= 0.3 is 0 Å². The van der Waals surface area contributed by atoms with Gasteiger partial charge in [0.15, 0.2) is 11.6 Å². The molecule has 0 atom stereocenters. The van der Waals surface area contributed by atoms with Crippen molar-refractivity contribution in [2.75, 3.05) is 0 Å². The topological polar surface area (TPSA) is 84.7 Å². The Morgan fingerprint density at radius 3 is 1.50 bits per heavy atom. The fraction of sp³-hybridized carbons (Fsp3) is 0. The van der Waals surface area contributed by atoms with Crippen molar-refractivity contribution >= 4 is 49.3 Å². The fourth-order valence-electron chi connectivity index (χ4n) is 7.43. The van der Waals surface area contributed by atoms with Crippen molar-refractivity contribution < 1.29 is 0 Å². The van der Waals surface area contributed by atoms with Gasteiger partial charge in [-0.25, -0.2) is 9.98 Å². The molecule has 10 aromatic rings. The van der Waals surface area contributed by atoms with Crippen LogP contribution in [0.2, 0.25) is 0 Å². The predicted molar refractivity (Wildman–Crippen MR) is 216 cm³/mol. The second kappa shape index (κ2) is 12.8. The molecule has 7 aromatic carbocycles. The second-order valence-corrected chi connectivity index (χ2v) is 13.0. The highest BCUT2D eigenvalue weighted by molar-refractivity contribution is 6.09. The quantitative estimate of drug-likeness (QED) is 0.168. The Morgan fingerprint density at radius 1 is 0.444 bits per heavy atom. The Balaban J connectivity index is 1.20. The lowest BCUT2D eigenvalue weighted by Crippen LogP contribution is -2.12. The van der Waals surface area contributed by atoms with Crippen LogP contribution in [0, 0.1) is 11.3 Å². The summed E-state index contributed by atoms with van der Waals surface area (Å²) in [6.07, 6.45) is 0. The SMILES string of the molecule is N#Cc1cc(-c2nc(-c3ccccc3)nc(-n3c4ccccc4c4ccccc43)n2)ccc1-n1c2ccccc2c(=Nc2ccccc2)c2ccccc21. The summed E-state index contributed by atoms with van der Waals surface area (Å²) in [4.78, 5) is 20.3. The zero-order chi connectivity index (χ0) is 36.0. The van der Waals surface area contributed by atoms with Crippen molar-refractivity contribution in [2.45, 2.75) is 0 Å². The van der Waals surface area contributed by atoms with E-state index in [1.165, 1.54) is 0 Å². The highest BCUT2D eigenvalue weighted by atomic mass is 15.2. The van der Waals surface area contributed by atoms with Crippen LogP contribution in [0.25, 0.3) is 78.0 Å². The van der Waals surface area contributed by atoms with Gasteiger partial charge in [-0.05, 0) is 54.6 Å². The molecular formula is C47H29N7. The van der Waals surface area contributed by atoms with Gasteiger partial charge in [-0.3, -0.25) is 4.57 Å². The first-order chi connectivity index (χ1) is 26.7. The molecule has 7 heteroatoms. The van der Waals surface area contributed by atoms with E-state index >= 15 is 0 Å². The zero-order valence-electron chi connectivity index (χ0n) is 28.9. The van der Waals surface area contributed by atoms with Crippen LogP contribution in [0.4, 0.5) is 5.69 Å². The molecule has 0 unspecified atom stereocenters. The average molecular weight is 692 g/mol. The maximum atomic E-state index is 10.8. The van der Waals surface area contributed by atoms with E-state index in [-0.39, 0.29) is 0 Å². The third-order valence-corrected chi connectivity index (χ3v) is 9.85. The van der Waals surface area contributed by atoms with Crippen LogP contribution in [-0.2, 0) is 0 Å². The van der Waals surface area contributed by atoms with E-state index < -0.39 is 0 Å². The number of nitriles is 1. The Morgan fingerprint density at radius 2 is 0.926 bits per heavy atom. The monoisotopic (exact) mass is 691 g/mol. The molecule has 7 nitrogen and oxygen atoms in total. The maximum absolute atomic E-state index is 10.8. The van der Waals surface area contributed by atoms with Gasteiger partial charge in [-0.1, -0.05) is 121 Å². The van der Waals surface area contributed by atoms with Gasteiger partial charge in [0.2, 0.25) is 5.95 Å². The van der Waals surface area contributed by atoms with Gasteiger partial charge < -0.3 is 4.57 Å². The molecule has 0 amide bonds. The smallest absolute Gasteiger partial charge is 0.238 e. The number of para-hydroxylation sites is 5. The largest absolute Gasteiger partial charge is 0.308 e. The average Bonchev–Trinajstić information content (AvgIpc) is 3.58. The van der Waals surface area contributed by atoms with Crippen LogP contribution < -0.4 is 5.36 Å². The number of rotatable bonds is 5. The summed E-state index contributed by atoms with van der Waals surface area (Å²) in [7, 11) is 0. The van der Waals surface area contributed by atoms with Gasteiger partial charge in [0.25, 0.3) is 0 Å². The van der Waals surface area contributed by atoms with E-state index in [4.69, 9.17) is 19.9 Å². The van der Waals surface area contributed by atoms with Crippen molar-refractivity contribution in [3.8, 4) is 40.5 Å². The number of hydrogen-bond donors (Lipinski definition) is 0. The minimum Gasteiger partial charge on any atom is -0.308 e. The third-order valence-electron chi connectivity index (χ3n) is 9.85. The van der Waals surface area contributed by atoms with E-state index in [0.717, 1.165) is 65.9 Å². The lowest BCUT2D eigenvalue weighted by Gasteiger charge is -2.18. The molecule has 0 aliphatic carbocycles. The highest BCUT2D eigenvalue weighted by Gasteiger charge is 2.19. The van der Waals surface area contributed by atoms with E-state index in [9.17, 15) is 5.26 Å². The summed E-state index contributed by atoms with van der Waals surface area (Å²) in [5, 5.41) is 15.9. The van der Waals surface area contributed by atoms with E-state index in [2.05, 4.69) is 63.7 Å². The minimum absolute atomic E-state index is 0.473. The van der Waals surface area contributed by atoms with Gasteiger partial charge in [0.05, 0.1) is 44.4 Å². The molecule has 0 spiro atoms. The molecule has 0 aliphatic heterocycles. The maximum Gasteiger partial charge on any atom is 0.238 e. The molecule has 0 bridgehead atoms. The zero-order valence-corrected chi connectivity index (χ0v) is 28.9. The normalized spacial score (nSPS) is 11.3. The summed E-state index contributed by atoms with van der Waals surface area (Å²) in [6.45, 7) is 0. The van der Waals surface area contributed by atoms with Gasteiger partial charge in [-0.15, -0.1) is 0 Å². The minimum atomic E-state index is 0.473. The summed E-state index contributed by atoms with van der Waals surface area (Å²) in [5.41, 5.74) is 7.57. The second-order valence-electron chi connectivity index (χ2n) is 13.0. The molecule has 0 N–H and O–H groups in total. The summed E-state index contributed by atoms with van der Waals surface area (Å²) >= 11 is 0. The van der Waals surface area contributed by atoms with E-state index in [1.54, 1.807) is 0 Å². The fourth-order valence-corrected chi connectivity index (χ4v) is 7.43. The molecule has 3 heterocycles. The number of hydrogen-bond acceptors (Lipinski definition) is 5. The molecule has 54 heavy (non-hydrogen) atoms. The Kier molecular flexibility index (Phi) is 7.38. The van der Waals surface area contributed by atoms with Gasteiger partial charge in [-0.2, -0.15) is 15.2 Å². The van der Waals surface area contributed by atoms with Crippen LogP contribution >= 0.6 is 0 Å². The Bertz CT molecular complexity index is 3060. The van der Waals surface area contributed by atoms with Crippen molar-refractivity contribution in [3.05, 3.63) is 187 Å². The molecule has 0 saturated heterocycles. The molecular weight excluding hydrogens is 663 g/mol.